The Kier molecular flexibility index (Phi) is 20.2. The van der Waals surface area contributed by atoms with Crippen molar-refractivity contribution in [2.24, 2.45) is 0 Å². The van der Waals surface area contributed by atoms with E-state index < -0.39 is 0 Å². The van der Waals surface area contributed by atoms with Crippen molar-refractivity contribution in [2.45, 2.75) is 0 Å². The number of hydrogen-bond donors (Lipinski definition) is 0. The van der Waals surface area contributed by atoms with E-state index in [-0.39, 0.29) is 0 Å². The topological polar surface area (TPSA) is 168 Å². The van der Waals surface area contributed by atoms with Crippen molar-refractivity contribution < 1.29 is 8.83 Å². The van der Waals surface area contributed by atoms with E-state index in [1.165, 1.54) is 4.70 Å². The summed E-state index contributed by atoms with van der Waals surface area (Å²) in [6, 6.07) is 124. The summed E-state index contributed by atoms with van der Waals surface area (Å²) < 4.78 is 12.8. The second kappa shape index (κ2) is 33.2. The Balaban J connectivity index is 0.000000118. The van der Waals surface area contributed by atoms with Crippen LogP contribution in [0.4, 0.5) is 0 Å². The van der Waals surface area contributed by atoms with Crippen LogP contribution in [0.2, 0.25) is 0 Å². The molecular weight excluding hydrogens is 1510 g/mol. The van der Waals surface area contributed by atoms with Crippen molar-refractivity contribution in [3.8, 4) is 168 Å². The fourth-order valence-corrected chi connectivity index (χ4v) is 16.5. The first-order valence-corrected chi connectivity index (χ1v) is 40.9. The van der Waals surface area contributed by atoms with Crippen LogP contribution < -0.4 is 0 Å². The fourth-order valence-electron chi connectivity index (χ4n) is 14.8. The molecule has 22 rings (SSSR count). The molecule has 0 saturated heterocycles. The van der Waals surface area contributed by atoms with E-state index in [0.717, 1.165) is 183 Å². The van der Waals surface area contributed by atoms with Gasteiger partial charge in [-0.25, -0.2) is 24.9 Å². The maximum atomic E-state index is 5.82. The third kappa shape index (κ3) is 15.6. The molecule has 0 atom stereocenters. The highest BCUT2D eigenvalue weighted by atomic mass is 32.1. The third-order valence-corrected chi connectivity index (χ3v) is 22.8. The highest BCUT2D eigenvalue weighted by Gasteiger charge is 2.21. The van der Waals surface area contributed by atoms with Crippen LogP contribution in [0.15, 0.2) is 416 Å². The minimum Gasteiger partial charge on any atom is -0.446 e. The van der Waals surface area contributed by atoms with Gasteiger partial charge in [-0.3, -0.25) is 19.9 Å². The number of benzene rings is 11. The SMILES string of the molecule is c1ccc(-c2nc(-c3cc(-c4ccc(-c5ccccn5)cc4)cc(-c4ccc(-c5ccccn5)cc4)c3)c3ccoc3n2)cc1.c1ccc(-c2nc(-c3cc(-c4ccc(-c5ccccn5)cc4)cc(-c4ccc(-c5ccccn5)cc4)c3)nc3occc23)cc1.c1ccc(-c2nc(-c3ccc(-c4nc5ccccc5s4)cc3)c3ccsc3n2)cc1. The lowest BCUT2D eigenvalue weighted by atomic mass is 9.93. The largest absolute Gasteiger partial charge is 0.446 e. The fraction of sp³-hybridized carbons (Fsp3) is 0. The lowest BCUT2D eigenvalue weighted by molar-refractivity contribution is 0.602. The number of rotatable bonds is 15. The molecule has 0 aliphatic rings. The van der Waals surface area contributed by atoms with Crippen LogP contribution in [0.3, 0.4) is 0 Å². The highest BCUT2D eigenvalue weighted by Crippen LogP contribution is 2.42. The van der Waals surface area contributed by atoms with Gasteiger partial charge in [-0.15, -0.1) is 22.7 Å². The van der Waals surface area contributed by atoms with E-state index in [9.17, 15) is 0 Å². The highest BCUT2D eigenvalue weighted by molar-refractivity contribution is 7.21. The molecule has 11 aromatic heterocycles. The maximum Gasteiger partial charge on any atom is 0.230 e. The van der Waals surface area contributed by atoms with Gasteiger partial charge in [0.1, 0.15) is 9.84 Å². The zero-order valence-electron chi connectivity index (χ0n) is 64.2. The molecule has 13 nitrogen and oxygen atoms in total. The molecule has 0 aliphatic heterocycles. The Hall–Kier alpha value is -15.8. The van der Waals surface area contributed by atoms with Crippen molar-refractivity contribution in [1.82, 2.24) is 54.8 Å². The van der Waals surface area contributed by atoms with E-state index in [2.05, 4.69) is 232 Å². The van der Waals surface area contributed by atoms with E-state index >= 15 is 0 Å². The summed E-state index contributed by atoms with van der Waals surface area (Å²) in [4.78, 5) is 53.4. The minimum atomic E-state index is 0.560. The number of aromatic nitrogens is 11. The van der Waals surface area contributed by atoms with Crippen LogP contribution in [0.1, 0.15) is 0 Å². The Morgan fingerprint density at radius 2 is 0.550 bits per heavy atom. The Morgan fingerprint density at radius 3 is 0.975 bits per heavy atom. The summed E-state index contributed by atoms with van der Waals surface area (Å²) in [5.41, 5.74) is 28.6. The number of furan rings is 2. The molecule has 0 aliphatic carbocycles. The van der Waals surface area contributed by atoms with Crippen LogP contribution in [0, 0.1) is 0 Å². The second-order valence-electron chi connectivity index (χ2n) is 28.5. The number of thiophene rings is 1. The minimum absolute atomic E-state index is 0.560. The quantitative estimate of drug-likeness (QED) is 0.0952. The Morgan fingerprint density at radius 1 is 0.217 bits per heavy atom. The van der Waals surface area contributed by atoms with Gasteiger partial charge in [0.2, 0.25) is 11.4 Å². The van der Waals surface area contributed by atoms with Crippen LogP contribution in [0.25, 0.3) is 211 Å². The Labute approximate surface area is 698 Å². The van der Waals surface area contributed by atoms with Crippen molar-refractivity contribution >= 4 is 65.3 Å². The number of para-hydroxylation sites is 1. The summed E-state index contributed by atoms with van der Waals surface area (Å²) in [6.45, 7) is 0. The average Bonchev–Trinajstić information content (AvgIpc) is 1.42. The summed E-state index contributed by atoms with van der Waals surface area (Å²) in [5, 5.41) is 5.96. The molecule has 0 spiro atoms. The molecule has 0 fully saturated rings. The van der Waals surface area contributed by atoms with Crippen molar-refractivity contribution in [1.29, 1.82) is 0 Å². The number of nitrogens with zero attached hydrogens (tertiary/aromatic N) is 11. The zero-order chi connectivity index (χ0) is 79.9. The predicted octanol–water partition coefficient (Wildman–Crippen LogP) is 27.3. The molecule has 0 N–H and O–H groups in total. The van der Waals surface area contributed by atoms with E-state index in [0.29, 0.717) is 23.1 Å². The van der Waals surface area contributed by atoms with Gasteiger partial charge in [0.15, 0.2) is 17.5 Å². The molecule has 0 unspecified atom stereocenters. The summed E-state index contributed by atoms with van der Waals surface area (Å²) in [7, 11) is 0. The predicted molar refractivity (Wildman–Crippen MR) is 487 cm³/mol. The van der Waals surface area contributed by atoms with Gasteiger partial charge in [-0.1, -0.05) is 249 Å². The molecule has 0 amide bonds. The molecule has 0 bridgehead atoms. The number of fused-ring (bicyclic) bond motifs is 4. The van der Waals surface area contributed by atoms with Gasteiger partial charge in [0.25, 0.3) is 0 Å². The molecule has 15 heteroatoms. The molecule has 0 radical (unpaired) electrons. The molecule has 11 aromatic carbocycles. The van der Waals surface area contributed by atoms with Gasteiger partial charge in [-0.05, 0) is 165 Å². The van der Waals surface area contributed by atoms with E-state index in [4.69, 9.17) is 43.7 Å². The summed E-state index contributed by atoms with van der Waals surface area (Å²) in [5.74, 6) is 1.99. The normalized spacial score (nSPS) is 11.2. The van der Waals surface area contributed by atoms with Gasteiger partial charge in [0.05, 0.1) is 73.4 Å². The summed E-state index contributed by atoms with van der Waals surface area (Å²) >= 11 is 3.37. The molecule has 120 heavy (non-hydrogen) atoms. The number of thiazole rings is 1. The van der Waals surface area contributed by atoms with Crippen LogP contribution in [-0.4, -0.2) is 54.8 Å². The van der Waals surface area contributed by atoms with Gasteiger partial charge in [-0.2, -0.15) is 9.97 Å². The monoisotopic (exact) mass is 1580 g/mol. The molecular formula is C105H67N11O2S2. The Bertz CT molecular complexity index is 7090. The standard InChI is InChI=1S/2C40H26N4O.C25H15N3S2/c1-2-8-31(9-3-1)39-43-38(35-20-23-45-40(35)44-39)34-25-32(27-12-16-29(17-13-27)36-10-4-6-21-41-36)24-33(26-34)28-14-18-30(19-15-28)37-11-5-7-22-42-37;1-2-8-31(9-3-1)38-35-20-23-45-40(35)44-39(43-38)34-25-32(27-12-16-29(17-13-27)36-10-4-6-21-41-36)24-33(26-34)28-14-18-30(19-15-28)37-11-5-7-22-42-37;1-2-6-17(7-3-1)23-27-22(19-14-15-29-25(19)28-23)16-10-12-18(13-11-16)24-26-20-8-4-5-9-21(20)30-24/h2*1-26H;1-15H. The smallest absolute Gasteiger partial charge is 0.230 e. The van der Waals surface area contributed by atoms with Crippen LogP contribution in [0.5, 0.6) is 0 Å². The van der Waals surface area contributed by atoms with Crippen molar-refractivity contribution in [3.05, 3.63) is 407 Å². The van der Waals surface area contributed by atoms with Crippen LogP contribution >= 0.6 is 22.7 Å². The molecule has 22 aromatic rings. The molecule has 566 valence electrons. The molecule has 11 heterocycles. The van der Waals surface area contributed by atoms with E-state index in [1.54, 1.807) is 35.2 Å². The van der Waals surface area contributed by atoms with Gasteiger partial charge in [0, 0.05) is 91.4 Å². The number of pyridine rings is 4. The van der Waals surface area contributed by atoms with Gasteiger partial charge < -0.3 is 8.83 Å². The second-order valence-corrected chi connectivity index (χ2v) is 30.5. The summed E-state index contributed by atoms with van der Waals surface area (Å²) in [6.07, 6.45) is 10.6. The first kappa shape index (κ1) is 73.1. The first-order chi connectivity index (χ1) is 59.4. The first-order valence-electron chi connectivity index (χ1n) is 39.2. The lowest BCUT2D eigenvalue weighted by Gasteiger charge is -2.13. The molecule has 0 saturated carbocycles. The van der Waals surface area contributed by atoms with E-state index in [1.807, 2.05) is 183 Å². The van der Waals surface area contributed by atoms with Crippen LogP contribution in [-0.2, 0) is 0 Å². The van der Waals surface area contributed by atoms with Crippen molar-refractivity contribution in [2.75, 3.05) is 0 Å². The maximum absolute atomic E-state index is 5.82. The number of hydrogen-bond acceptors (Lipinski definition) is 15. The van der Waals surface area contributed by atoms with Gasteiger partial charge >= 0.3 is 0 Å². The zero-order valence-corrected chi connectivity index (χ0v) is 65.9. The third-order valence-electron chi connectivity index (χ3n) is 20.9. The lowest BCUT2D eigenvalue weighted by Crippen LogP contribution is -1.95. The average molecular weight is 1580 g/mol. The van der Waals surface area contributed by atoms with Crippen molar-refractivity contribution in [3.63, 3.8) is 0 Å².